The van der Waals surface area contributed by atoms with Gasteiger partial charge in [-0.3, -0.25) is 0 Å². The van der Waals surface area contributed by atoms with Crippen LogP contribution in [0.3, 0.4) is 0 Å². The second kappa shape index (κ2) is 5.63. The molecule has 0 aromatic carbocycles. The quantitative estimate of drug-likeness (QED) is 0.512. The zero-order valence-corrected chi connectivity index (χ0v) is 13.8. The molecule has 3 heterocycles. The molecule has 20 heavy (non-hydrogen) atoms. The molecule has 0 aliphatic heterocycles. The lowest BCUT2D eigenvalue weighted by atomic mass is 10.4. The monoisotopic (exact) mass is 368 g/mol. The van der Waals surface area contributed by atoms with Crippen LogP contribution in [0, 0.1) is 6.92 Å². The van der Waals surface area contributed by atoms with Crippen molar-refractivity contribution >= 4 is 49.4 Å². The van der Waals surface area contributed by atoms with Gasteiger partial charge in [-0.25, -0.2) is 19.9 Å². The second-order valence-corrected chi connectivity index (χ2v) is 6.66. The SMILES string of the molecule is CSc1nc2ncnc(Oc3ccc(C)nc3Br)c2s1. The number of thioether (sulfide) groups is 1. The fraction of sp³-hybridized carbons (Fsp3) is 0.167. The Morgan fingerprint density at radius 2 is 2.10 bits per heavy atom. The molecule has 0 spiro atoms. The van der Waals surface area contributed by atoms with Crippen molar-refractivity contribution in [2.75, 3.05) is 6.26 Å². The number of fused-ring (bicyclic) bond motifs is 1. The first-order valence-electron chi connectivity index (χ1n) is 5.64. The van der Waals surface area contributed by atoms with Gasteiger partial charge in [-0.15, -0.1) is 11.3 Å². The smallest absolute Gasteiger partial charge is 0.242 e. The topological polar surface area (TPSA) is 60.8 Å². The van der Waals surface area contributed by atoms with Crippen molar-refractivity contribution in [3.63, 3.8) is 0 Å². The summed E-state index contributed by atoms with van der Waals surface area (Å²) in [6.45, 7) is 1.92. The molecule has 0 fully saturated rings. The minimum atomic E-state index is 0.499. The minimum Gasteiger partial charge on any atom is -0.435 e. The highest BCUT2D eigenvalue weighted by Gasteiger charge is 2.13. The summed E-state index contributed by atoms with van der Waals surface area (Å²) in [6.07, 6.45) is 3.43. The summed E-state index contributed by atoms with van der Waals surface area (Å²) in [7, 11) is 0. The van der Waals surface area contributed by atoms with Crippen LogP contribution in [-0.4, -0.2) is 26.2 Å². The summed E-state index contributed by atoms with van der Waals surface area (Å²) in [5, 5.41) is 0. The number of rotatable bonds is 3. The van der Waals surface area contributed by atoms with E-state index in [-0.39, 0.29) is 0 Å². The van der Waals surface area contributed by atoms with E-state index in [4.69, 9.17) is 4.74 Å². The lowest BCUT2D eigenvalue weighted by Gasteiger charge is -2.06. The summed E-state index contributed by atoms with van der Waals surface area (Å²) < 4.78 is 8.26. The van der Waals surface area contributed by atoms with Gasteiger partial charge >= 0.3 is 0 Å². The summed E-state index contributed by atoms with van der Waals surface area (Å²) in [4.78, 5) is 17.0. The molecule has 0 aliphatic rings. The van der Waals surface area contributed by atoms with Gasteiger partial charge in [0.15, 0.2) is 15.7 Å². The molecule has 3 rings (SSSR count). The second-order valence-electron chi connectivity index (χ2n) is 3.86. The highest BCUT2D eigenvalue weighted by molar-refractivity contribution is 9.10. The Kier molecular flexibility index (Phi) is 3.86. The van der Waals surface area contributed by atoms with Crippen LogP contribution in [0.15, 0.2) is 27.4 Å². The normalized spacial score (nSPS) is 10.9. The standard InChI is InChI=1S/C12H9BrN4OS2/c1-6-3-4-7(9(13)16-6)18-11-8-10(14-5-15-11)17-12(19-2)20-8/h3-5H,1-2H3. The Labute approximate surface area is 132 Å². The van der Waals surface area contributed by atoms with E-state index in [1.54, 1.807) is 11.8 Å². The first kappa shape index (κ1) is 13.7. The molecule has 0 N–H and O–H groups in total. The third kappa shape index (κ3) is 2.63. The fourth-order valence-corrected chi connectivity index (χ4v) is 3.50. The van der Waals surface area contributed by atoms with Crippen LogP contribution in [0.1, 0.15) is 5.69 Å². The van der Waals surface area contributed by atoms with E-state index in [1.165, 1.54) is 17.7 Å². The molecule has 8 heteroatoms. The molecule has 0 aliphatic carbocycles. The Balaban J connectivity index is 2.03. The lowest BCUT2D eigenvalue weighted by molar-refractivity contribution is 0.463. The number of hydrogen-bond donors (Lipinski definition) is 0. The first-order valence-corrected chi connectivity index (χ1v) is 8.47. The maximum absolute atomic E-state index is 5.84. The van der Waals surface area contributed by atoms with Gasteiger partial charge in [0.05, 0.1) is 0 Å². The molecule has 3 aromatic rings. The van der Waals surface area contributed by atoms with Crippen LogP contribution in [0.5, 0.6) is 11.6 Å². The third-order valence-electron chi connectivity index (χ3n) is 2.47. The maximum Gasteiger partial charge on any atom is 0.242 e. The van der Waals surface area contributed by atoms with Crippen LogP contribution >= 0.6 is 39.0 Å². The number of nitrogens with zero attached hydrogens (tertiary/aromatic N) is 4. The van der Waals surface area contributed by atoms with E-state index in [9.17, 15) is 0 Å². The highest BCUT2D eigenvalue weighted by Crippen LogP contribution is 2.35. The van der Waals surface area contributed by atoms with E-state index in [2.05, 4.69) is 35.9 Å². The largest absolute Gasteiger partial charge is 0.435 e. The number of aryl methyl sites for hydroxylation is 1. The minimum absolute atomic E-state index is 0.499. The summed E-state index contributed by atoms with van der Waals surface area (Å²) >= 11 is 6.49. The fourth-order valence-electron chi connectivity index (χ4n) is 1.57. The number of hydrogen-bond acceptors (Lipinski definition) is 7. The number of ether oxygens (including phenoxy) is 1. The Morgan fingerprint density at radius 3 is 2.85 bits per heavy atom. The van der Waals surface area contributed by atoms with E-state index in [0.29, 0.717) is 21.9 Å². The third-order valence-corrected chi connectivity index (χ3v) is 5.06. The van der Waals surface area contributed by atoms with Crippen LogP contribution in [0.25, 0.3) is 10.3 Å². The van der Waals surface area contributed by atoms with Gasteiger partial charge in [0.2, 0.25) is 5.88 Å². The van der Waals surface area contributed by atoms with Gasteiger partial charge in [-0.1, -0.05) is 11.8 Å². The van der Waals surface area contributed by atoms with Crippen molar-refractivity contribution in [2.45, 2.75) is 11.3 Å². The van der Waals surface area contributed by atoms with Gasteiger partial charge in [0.25, 0.3) is 0 Å². The molecule has 0 radical (unpaired) electrons. The average Bonchev–Trinajstić information content (AvgIpc) is 2.86. The van der Waals surface area contributed by atoms with Crippen molar-refractivity contribution in [1.82, 2.24) is 19.9 Å². The van der Waals surface area contributed by atoms with Crippen LogP contribution in [0.2, 0.25) is 0 Å². The Bertz CT molecular complexity index is 777. The van der Waals surface area contributed by atoms with E-state index in [1.807, 2.05) is 25.3 Å². The zero-order valence-electron chi connectivity index (χ0n) is 10.6. The van der Waals surface area contributed by atoms with Crippen molar-refractivity contribution in [3.8, 4) is 11.6 Å². The van der Waals surface area contributed by atoms with Crippen LogP contribution in [0.4, 0.5) is 0 Å². The Morgan fingerprint density at radius 1 is 1.25 bits per heavy atom. The maximum atomic E-state index is 5.84. The molecular weight excluding hydrogens is 360 g/mol. The number of halogens is 1. The molecule has 102 valence electrons. The van der Waals surface area contributed by atoms with Gasteiger partial charge in [-0.2, -0.15) is 0 Å². The van der Waals surface area contributed by atoms with E-state index < -0.39 is 0 Å². The van der Waals surface area contributed by atoms with Crippen molar-refractivity contribution < 1.29 is 4.74 Å². The Hall–Kier alpha value is -1.25. The van der Waals surface area contributed by atoms with Crippen LogP contribution in [-0.2, 0) is 0 Å². The summed E-state index contributed by atoms with van der Waals surface area (Å²) in [6, 6.07) is 3.75. The van der Waals surface area contributed by atoms with E-state index >= 15 is 0 Å². The summed E-state index contributed by atoms with van der Waals surface area (Å²) in [5.74, 6) is 1.12. The van der Waals surface area contributed by atoms with Crippen molar-refractivity contribution in [1.29, 1.82) is 0 Å². The average molecular weight is 369 g/mol. The molecule has 0 atom stereocenters. The molecule has 0 saturated heterocycles. The van der Waals surface area contributed by atoms with Gasteiger partial charge in [0.1, 0.15) is 15.6 Å². The van der Waals surface area contributed by atoms with Gasteiger partial charge in [0, 0.05) is 5.69 Å². The molecule has 0 unspecified atom stereocenters. The molecule has 0 bridgehead atoms. The molecule has 0 amide bonds. The number of pyridine rings is 1. The number of aromatic nitrogens is 4. The van der Waals surface area contributed by atoms with Crippen LogP contribution < -0.4 is 4.74 Å². The van der Waals surface area contributed by atoms with Gasteiger partial charge < -0.3 is 4.74 Å². The predicted molar refractivity (Wildman–Crippen MR) is 83.7 cm³/mol. The zero-order chi connectivity index (χ0) is 14.1. The van der Waals surface area contributed by atoms with Crippen molar-refractivity contribution in [2.24, 2.45) is 0 Å². The first-order chi connectivity index (χ1) is 9.67. The van der Waals surface area contributed by atoms with Crippen molar-refractivity contribution in [3.05, 3.63) is 28.8 Å². The lowest BCUT2D eigenvalue weighted by Crippen LogP contribution is -1.92. The highest BCUT2D eigenvalue weighted by atomic mass is 79.9. The van der Waals surface area contributed by atoms with E-state index in [0.717, 1.165) is 14.7 Å². The van der Waals surface area contributed by atoms with Gasteiger partial charge in [-0.05, 0) is 41.2 Å². The summed E-state index contributed by atoms with van der Waals surface area (Å²) in [5.41, 5.74) is 1.57. The predicted octanol–water partition coefficient (Wildman–Crippen LogP) is 4.07. The number of thiazole rings is 1. The molecule has 0 saturated carbocycles. The molecular formula is C12H9BrN4OS2. The molecule has 3 aromatic heterocycles. The molecule has 5 nitrogen and oxygen atoms in total.